The number of nitrogens with zero attached hydrogens (tertiary/aromatic N) is 1. The molecule has 4 rings (SSSR count). The molecule has 0 N–H and O–H groups in total. The SMILES string of the molecule is O=C(C=P(c1ccccc1)(c1ccccc1)c1ccccc1)c1ccc([N+](=O)[O-])cc1. The molecule has 4 nitrogen and oxygen atoms in total. The minimum absolute atomic E-state index is 0.0354. The molecule has 0 aromatic heterocycles. The maximum atomic E-state index is 13.5. The number of nitro groups is 1. The summed E-state index contributed by atoms with van der Waals surface area (Å²) in [5, 5.41) is 14.2. The lowest BCUT2D eigenvalue weighted by atomic mass is 10.1. The Morgan fingerprint density at radius 2 is 1.03 bits per heavy atom. The molecule has 4 aromatic rings. The largest absolute Gasteiger partial charge is 0.289 e. The Kier molecular flexibility index (Phi) is 5.92. The molecule has 5 heteroatoms. The predicted molar refractivity (Wildman–Crippen MR) is 129 cm³/mol. The Labute approximate surface area is 180 Å². The molecule has 0 bridgehead atoms. The Hall–Kier alpha value is -3.75. The average molecular weight is 425 g/mol. The third-order valence-electron chi connectivity index (χ3n) is 5.16. The molecule has 0 radical (unpaired) electrons. The number of rotatable bonds is 6. The van der Waals surface area contributed by atoms with Crippen molar-refractivity contribution in [3.8, 4) is 0 Å². The van der Waals surface area contributed by atoms with Crippen LogP contribution < -0.4 is 15.9 Å². The van der Waals surface area contributed by atoms with Crippen molar-refractivity contribution < 1.29 is 9.72 Å². The molecule has 0 saturated heterocycles. The summed E-state index contributed by atoms with van der Waals surface area (Å²) in [6, 6.07) is 36.0. The van der Waals surface area contributed by atoms with Crippen LogP contribution in [0.1, 0.15) is 10.4 Å². The van der Waals surface area contributed by atoms with Crippen molar-refractivity contribution in [3.63, 3.8) is 0 Å². The maximum Gasteiger partial charge on any atom is 0.269 e. The van der Waals surface area contributed by atoms with Crippen LogP contribution in [0.3, 0.4) is 0 Å². The van der Waals surface area contributed by atoms with E-state index in [4.69, 9.17) is 0 Å². The van der Waals surface area contributed by atoms with Crippen molar-refractivity contribution in [1.82, 2.24) is 0 Å². The number of benzene rings is 4. The molecule has 0 unspecified atom stereocenters. The summed E-state index contributed by atoms with van der Waals surface area (Å²) in [7, 11) is 0. The Morgan fingerprint density at radius 1 is 0.645 bits per heavy atom. The van der Waals surface area contributed by atoms with Crippen molar-refractivity contribution >= 4 is 40.1 Å². The summed E-state index contributed by atoms with van der Waals surface area (Å²) in [4.78, 5) is 24.0. The first-order valence-corrected chi connectivity index (χ1v) is 11.7. The Balaban J connectivity index is 2.00. The Bertz CT molecular complexity index is 1150. The number of Topliss-reactive ketones (excluding diaryl/α,β-unsaturated/α-hetero) is 1. The summed E-state index contributed by atoms with van der Waals surface area (Å²) in [5.74, 6) is 1.67. The van der Waals surface area contributed by atoms with Gasteiger partial charge in [0.25, 0.3) is 5.69 Å². The summed E-state index contributed by atoms with van der Waals surface area (Å²) >= 11 is 0. The van der Waals surface area contributed by atoms with Gasteiger partial charge < -0.3 is 0 Å². The fraction of sp³-hybridized carbons (Fsp3) is 0. The third kappa shape index (κ3) is 4.11. The van der Waals surface area contributed by atoms with Crippen molar-refractivity contribution in [3.05, 3.63) is 131 Å². The Morgan fingerprint density at radius 3 is 1.39 bits per heavy atom. The van der Waals surface area contributed by atoms with Crippen LogP contribution in [0.2, 0.25) is 0 Å². The van der Waals surface area contributed by atoms with Gasteiger partial charge in [-0.05, 0) is 40.7 Å². The van der Waals surface area contributed by atoms with Crippen LogP contribution in [-0.4, -0.2) is 16.5 Å². The number of non-ortho nitro benzene ring substituents is 1. The van der Waals surface area contributed by atoms with Crippen molar-refractivity contribution in [1.29, 1.82) is 0 Å². The first-order valence-electron chi connectivity index (χ1n) is 9.81. The average Bonchev–Trinajstić information content (AvgIpc) is 2.84. The van der Waals surface area contributed by atoms with E-state index in [1.54, 1.807) is 0 Å². The van der Waals surface area contributed by atoms with E-state index in [0.717, 1.165) is 15.9 Å². The topological polar surface area (TPSA) is 60.2 Å². The highest BCUT2D eigenvalue weighted by molar-refractivity contribution is 7.95. The number of hydrogen-bond donors (Lipinski definition) is 0. The van der Waals surface area contributed by atoms with E-state index in [2.05, 4.69) is 36.4 Å². The summed E-state index contributed by atoms with van der Waals surface area (Å²) in [6.07, 6.45) is 0. The second kappa shape index (κ2) is 8.95. The third-order valence-corrected chi connectivity index (χ3v) is 9.12. The van der Waals surface area contributed by atoms with Gasteiger partial charge in [-0.15, -0.1) is 0 Å². The minimum Gasteiger partial charge on any atom is -0.289 e. The highest BCUT2D eigenvalue weighted by atomic mass is 31.2. The van der Waals surface area contributed by atoms with Gasteiger partial charge in [-0.1, -0.05) is 91.0 Å². The van der Waals surface area contributed by atoms with Gasteiger partial charge >= 0.3 is 0 Å². The second-order valence-electron chi connectivity index (χ2n) is 7.03. The molecule has 0 saturated carbocycles. The van der Waals surface area contributed by atoms with E-state index in [1.807, 2.05) is 60.4 Å². The monoisotopic (exact) mass is 425 g/mol. The number of nitro benzene ring substituents is 1. The first-order chi connectivity index (χ1) is 15.1. The fourth-order valence-electron chi connectivity index (χ4n) is 3.66. The molecule has 31 heavy (non-hydrogen) atoms. The highest BCUT2D eigenvalue weighted by Crippen LogP contribution is 2.43. The van der Waals surface area contributed by atoms with Crippen molar-refractivity contribution in [2.75, 3.05) is 0 Å². The van der Waals surface area contributed by atoms with Gasteiger partial charge in [0, 0.05) is 17.7 Å². The van der Waals surface area contributed by atoms with Crippen LogP contribution in [0.15, 0.2) is 115 Å². The first kappa shape index (κ1) is 20.5. The van der Waals surface area contributed by atoms with Crippen LogP contribution in [0.5, 0.6) is 0 Å². The fourth-order valence-corrected chi connectivity index (χ4v) is 7.43. The van der Waals surface area contributed by atoms with E-state index >= 15 is 0 Å². The van der Waals surface area contributed by atoms with E-state index < -0.39 is 11.8 Å². The van der Waals surface area contributed by atoms with Gasteiger partial charge in [-0.2, -0.15) is 0 Å². The van der Waals surface area contributed by atoms with Crippen molar-refractivity contribution in [2.24, 2.45) is 0 Å². The molecule has 0 heterocycles. The van der Waals surface area contributed by atoms with Crippen LogP contribution in [-0.2, 0) is 0 Å². The standard InChI is InChI=1S/C26H20NO3P/c28-26(21-16-18-22(19-17-21)27(29)30)20-31(23-10-4-1-5-11-23,24-12-6-2-7-13-24)25-14-8-3-9-15-25/h1-20H. The predicted octanol–water partition coefficient (Wildman–Crippen LogP) is 4.57. The lowest BCUT2D eigenvalue weighted by Crippen LogP contribution is -2.28. The zero-order chi connectivity index (χ0) is 21.7. The summed E-state index contributed by atoms with van der Waals surface area (Å²) in [5.41, 5.74) is 0.393. The molecule has 0 aliphatic rings. The van der Waals surface area contributed by atoms with Crippen LogP contribution in [0.25, 0.3) is 0 Å². The number of ketones is 1. The molecule has 0 aliphatic heterocycles. The lowest BCUT2D eigenvalue weighted by molar-refractivity contribution is -0.384. The van der Waals surface area contributed by atoms with E-state index in [-0.39, 0.29) is 11.5 Å². The van der Waals surface area contributed by atoms with Crippen molar-refractivity contribution in [2.45, 2.75) is 0 Å². The van der Waals surface area contributed by atoms with E-state index in [0.29, 0.717) is 5.56 Å². The zero-order valence-electron chi connectivity index (χ0n) is 16.7. The molecule has 0 spiro atoms. The van der Waals surface area contributed by atoms with E-state index in [9.17, 15) is 14.9 Å². The number of carbonyl (C=O) groups excluding carboxylic acids is 1. The van der Waals surface area contributed by atoms with Gasteiger partial charge in [0.05, 0.1) is 4.92 Å². The van der Waals surface area contributed by atoms with Gasteiger partial charge in [-0.25, -0.2) is 0 Å². The molecule has 0 fully saturated rings. The van der Waals surface area contributed by atoms with E-state index in [1.165, 1.54) is 24.3 Å². The smallest absolute Gasteiger partial charge is 0.269 e. The van der Waals surface area contributed by atoms with Crippen LogP contribution in [0, 0.1) is 10.1 Å². The quantitative estimate of drug-likeness (QED) is 0.197. The lowest BCUT2D eigenvalue weighted by Gasteiger charge is -2.28. The number of carbonyl (C=O) groups is 1. The van der Waals surface area contributed by atoms with Gasteiger partial charge in [0.15, 0.2) is 5.78 Å². The maximum absolute atomic E-state index is 13.5. The number of hydrogen-bond acceptors (Lipinski definition) is 3. The molecule has 0 amide bonds. The molecular weight excluding hydrogens is 405 g/mol. The minimum atomic E-state index is -2.41. The molecule has 0 aliphatic carbocycles. The van der Waals surface area contributed by atoms with Gasteiger partial charge in [-0.3, -0.25) is 14.9 Å². The second-order valence-corrected chi connectivity index (χ2v) is 10.3. The zero-order valence-corrected chi connectivity index (χ0v) is 17.6. The van der Waals surface area contributed by atoms with Gasteiger partial charge in [0.1, 0.15) is 0 Å². The summed E-state index contributed by atoms with van der Waals surface area (Å²) in [6.45, 7) is -2.41. The normalized spacial score (nSPS) is 11.0. The molecular formula is C26H20NO3P. The summed E-state index contributed by atoms with van der Waals surface area (Å²) < 4.78 is 0. The molecule has 4 aromatic carbocycles. The van der Waals surface area contributed by atoms with Gasteiger partial charge in [0.2, 0.25) is 0 Å². The highest BCUT2D eigenvalue weighted by Gasteiger charge is 2.26. The molecule has 0 atom stereocenters. The van der Waals surface area contributed by atoms with Crippen LogP contribution >= 0.6 is 6.89 Å². The molecule has 152 valence electrons. The van der Waals surface area contributed by atoms with Crippen LogP contribution in [0.4, 0.5) is 5.69 Å².